The summed E-state index contributed by atoms with van der Waals surface area (Å²) >= 11 is 0. The summed E-state index contributed by atoms with van der Waals surface area (Å²) in [5.74, 6) is 0.0878. The van der Waals surface area contributed by atoms with Gasteiger partial charge in [-0.2, -0.15) is 0 Å². The van der Waals surface area contributed by atoms with Gasteiger partial charge in [-0.1, -0.05) is 6.92 Å². The molecule has 2 rings (SSSR count). The number of amides is 3. The van der Waals surface area contributed by atoms with Gasteiger partial charge in [0.1, 0.15) is 11.8 Å². The summed E-state index contributed by atoms with van der Waals surface area (Å²) in [6.07, 6.45) is 2.30. The fourth-order valence-electron chi connectivity index (χ4n) is 2.54. The molecule has 1 aliphatic rings. The third-order valence-corrected chi connectivity index (χ3v) is 3.91. The third-order valence-electron chi connectivity index (χ3n) is 3.91. The SMILES string of the molecule is CCCNC(=O)C(C)NC(=O)COc1ccc(N2CCCC2=O)cc1. The molecule has 2 N–H and O–H groups in total. The lowest BCUT2D eigenvalue weighted by molar-refractivity contribution is -0.129. The van der Waals surface area contributed by atoms with Crippen molar-refractivity contribution in [1.29, 1.82) is 0 Å². The van der Waals surface area contributed by atoms with Crippen molar-refractivity contribution in [3.63, 3.8) is 0 Å². The number of rotatable bonds is 8. The molecule has 1 heterocycles. The Labute approximate surface area is 147 Å². The third kappa shape index (κ3) is 5.48. The molecule has 1 aromatic carbocycles. The molecule has 1 fully saturated rings. The van der Waals surface area contributed by atoms with Crippen LogP contribution in [0.15, 0.2) is 24.3 Å². The zero-order chi connectivity index (χ0) is 18.2. The zero-order valence-electron chi connectivity index (χ0n) is 14.7. The van der Waals surface area contributed by atoms with Crippen molar-refractivity contribution >= 4 is 23.4 Å². The molecule has 7 nitrogen and oxygen atoms in total. The second-order valence-electron chi connectivity index (χ2n) is 6.01. The number of nitrogens with one attached hydrogen (secondary N) is 2. The van der Waals surface area contributed by atoms with Gasteiger partial charge in [0.25, 0.3) is 5.91 Å². The van der Waals surface area contributed by atoms with Gasteiger partial charge in [-0.25, -0.2) is 0 Å². The second kappa shape index (κ2) is 9.05. The number of anilines is 1. The molecule has 7 heteroatoms. The first-order valence-corrected chi connectivity index (χ1v) is 8.61. The molecule has 1 saturated heterocycles. The quantitative estimate of drug-likeness (QED) is 0.740. The summed E-state index contributed by atoms with van der Waals surface area (Å²) < 4.78 is 5.43. The number of benzene rings is 1. The highest BCUT2D eigenvalue weighted by Crippen LogP contribution is 2.23. The van der Waals surface area contributed by atoms with Gasteiger partial charge < -0.3 is 20.3 Å². The monoisotopic (exact) mass is 347 g/mol. The minimum atomic E-state index is -0.605. The maximum Gasteiger partial charge on any atom is 0.258 e. The van der Waals surface area contributed by atoms with Crippen LogP contribution in [0.1, 0.15) is 33.1 Å². The first-order chi connectivity index (χ1) is 12.0. The van der Waals surface area contributed by atoms with E-state index < -0.39 is 6.04 Å². The predicted molar refractivity (Wildman–Crippen MR) is 94.4 cm³/mol. The van der Waals surface area contributed by atoms with Gasteiger partial charge in [0.15, 0.2) is 6.61 Å². The Morgan fingerprint density at radius 1 is 1.28 bits per heavy atom. The van der Waals surface area contributed by atoms with E-state index in [9.17, 15) is 14.4 Å². The van der Waals surface area contributed by atoms with Gasteiger partial charge in [0.05, 0.1) is 0 Å². The molecule has 0 bridgehead atoms. The van der Waals surface area contributed by atoms with E-state index in [1.54, 1.807) is 36.1 Å². The first-order valence-electron chi connectivity index (χ1n) is 8.61. The summed E-state index contributed by atoms with van der Waals surface area (Å²) in [4.78, 5) is 37.0. The van der Waals surface area contributed by atoms with E-state index >= 15 is 0 Å². The summed E-state index contributed by atoms with van der Waals surface area (Å²) in [7, 11) is 0. The van der Waals surface area contributed by atoms with Crippen LogP contribution < -0.4 is 20.3 Å². The minimum absolute atomic E-state index is 0.128. The van der Waals surface area contributed by atoms with E-state index in [0.717, 1.165) is 25.1 Å². The average Bonchev–Trinajstić information content (AvgIpc) is 3.04. The number of carbonyl (C=O) groups is 3. The van der Waals surface area contributed by atoms with E-state index in [1.807, 2.05) is 6.92 Å². The van der Waals surface area contributed by atoms with Crippen molar-refractivity contribution in [2.45, 2.75) is 39.2 Å². The van der Waals surface area contributed by atoms with Crippen molar-refractivity contribution in [3.8, 4) is 5.75 Å². The van der Waals surface area contributed by atoms with Gasteiger partial charge in [-0.05, 0) is 44.0 Å². The lowest BCUT2D eigenvalue weighted by atomic mass is 10.3. The van der Waals surface area contributed by atoms with Gasteiger partial charge in [-0.3, -0.25) is 14.4 Å². The predicted octanol–water partition coefficient (Wildman–Crippen LogP) is 1.22. The molecule has 25 heavy (non-hydrogen) atoms. The minimum Gasteiger partial charge on any atom is -0.484 e. The van der Waals surface area contributed by atoms with Crippen LogP contribution in [0.25, 0.3) is 0 Å². The van der Waals surface area contributed by atoms with Crippen LogP contribution in [0.5, 0.6) is 5.75 Å². The molecule has 0 aromatic heterocycles. The second-order valence-corrected chi connectivity index (χ2v) is 6.01. The molecule has 1 unspecified atom stereocenters. The Balaban J connectivity index is 1.77. The van der Waals surface area contributed by atoms with Crippen molar-refractivity contribution < 1.29 is 19.1 Å². The molecule has 136 valence electrons. The Kier molecular flexibility index (Phi) is 6.80. The molecule has 1 aliphatic heterocycles. The largest absolute Gasteiger partial charge is 0.484 e. The maximum absolute atomic E-state index is 11.9. The lowest BCUT2D eigenvalue weighted by Crippen LogP contribution is -2.46. The van der Waals surface area contributed by atoms with Gasteiger partial charge >= 0.3 is 0 Å². The summed E-state index contributed by atoms with van der Waals surface area (Å²) in [6, 6.07) is 6.46. The average molecular weight is 347 g/mol. The van der Waals surface area contributed by atoms with Gasteiger partial charge in [-0.15, -0.1) is 0 Å². The van der Waals surface area contributed by atoms with Crippen LogP contribution in [0.4, 0.5) is 5.69 Å². The normalized spacial score (nSPS) is 15.0. The lowest BCUT2D eigenvalue weighted by Gasteiger charge is -2.16. The van der Waals surface area contributed by atoms with Crippen LogP contribution in [0, 0.1) is 0 Å². The summed E-state index contributed by atoms with van der Waals surface area (Å²) in [6.45, 7) is 4.74. The molecular weight excluding hydrogens is 322 g/mol. The first kappa shape index (κ1) is 18.8. The molecule has 3 amide bonds. The van der Waals surface area contributed by atoms with Crippen LogP contribution in [-0.2, 0) is 14.4 Å². The number of ether oxygens (including phenoxy) is 1. The van der Waals surface area contributed by atoms with Crippen LogP contribution in [0.3, 0.4) is 0 Å². The highest BCUT2D eigenvalue weighted by Gasteiger charge is 2.21. The van der Waals surface area contributed by atoms with E-state index in [2.05, 4.69) is 10.6 Å². The number of hydrogen-bond acceptors (Lipinski definition) is 4. The van der Waals surface area contributed by atoms with Crippen molar-refractivity contribution in [2.75, 3.05) is 24.6 Å². The number of nitrogens with zero attached hydrogens (tertiary/aromatic N) is 1. The van der Waals surface area contributed by atoms with Crippen LogP contribution in [0.2, 0.25) is 0 Å². The maximum atomic E-state index is 11.9. The molecular formula is C18H25N3O4. The standard InChI is InChI=1S/C18H25N3O4/c1-3-10-19-18(24)13(2)20-16(22)12-25-15-8-6-14(7-9-15)21-11-4-5-17(21)23/h6-9,13H,3-5,10-12H2,1-2H3,(H,19,24)(H,20,22). The van der Waals surface area contributed by atoms with Gasteiger partial charge in [0.2, 0.25) is 11.8 Å². The topological polar surface area (TPSA) is 87.7 Å². The number of hydrogen-bond donors (Lipinski definition) is 2. The molecule has 0 spiro atoms. The van der Waals surface area contributed by atoms with E-state index in [-0.39, 0.29) is 24.3 Å². The van der Waals surface area contributed by atoms with Crippen molar-refractivity contribution in [3.05, 3.63) is 24.3 Å². The van der Waals surface area contributed by atoms with E-state index in [1.165, 1.54) is 0 Å². The van der Waals surface area contributed by atoms with Gasteiger partial charge in [0, 0.05) is 25.2 Å². The molecule has 0 saturated carbocycles. The highest BCUT2D eigenvalue weighted by atomic mass is 16.5. The summed E-state index contributed by atoms with van der Waals surface area (Å²) in [5.41, 5.74) is 0.834. The van der Waals surface area contributed by atoms with Crippen molar-refractivity contribution in [1.82, 2.24) is 10.6 Å². The fraction of sp³-hybridized carbons (Fsp3) is 0.500. The van der Waals surface area contributed by atoms with Crippen molar-refractivity contribution in [2.24, 2.45) is 0 Å². The molecule has 1 aromatic rings. The molecule has 1 atom stereocenters. The Hall–Kier alpha value is -2.57. The summed E-state index contributed by atoms with van der Waals surface area (Å²) in [5, 5.41) is 5.31. The zero-order valence-corrected chi connectivity index (χ0v) is 14.7. The molecule has 0 radical (unpaired) electrons. The van der Waals surface area contributed by atoms with E-state index in [0.29, 0.717) is 18.7 Å². The van der Waals surface area contributed by atoms with Crippen LogP contribution in [-0.4, -0.2) is 43.5 Å². The Morgan fingerprint density at radius 2 is 2.00 bits per heavy atom. The smallest absolute Gasteiger partial charge is 0.258 e. The number of carbonyl (C=O) groups excluding carboxylic acids is 3. The molecule has 0 aliphatic carbocycles. The fourth-order valence-corrected chi connectivity index (χ4v) is 2.54. The Bertz CT molecular complexity index is 615. The van der Waals surface area contributed by atoms with E-state index in [4.69, 9.17) is 4.74 Å². The van der Waals surface area contributed by atoms with Crippen LogP contribution >= 0.6 is 0 Å². The highest BCUT2D eigenvalue weighted by molar-refractivity contribution is 5.95. The Morgan fingerprint density at radius 3 is 2.60 bits per heavy atom.